The Hall–Kier alpha value is -4.37. The summed E-state index contributed by atoms with van der Waals surface area (Å²) in [6, 6.07) is 28.4. The molecule has 0 saturated carbocycles. The van der Waals surface area contributed by atoms with Gasteiger partial charge >= 0.3 is 0 Å². The lowest BCUT2D eigenvalue weighted by molar-refractivity contribution is -0.659. The van der Waals surface area contributed by atoms with Crippen molar-refractivity contribution in [1.29, 1.82) is 0 Å². The Morgan fingerprint density at radius 2 is 1.32 bits per heavy atom. The van der Waals surface area contributed by atoms with Crippen molar-refractivity contribution >= 4 is 43.7 Å². The van der Waals surface area contributed by atoms with Crippen molar-refractivity contribution in [2.24, 2.45) is 7.05 Å². The molecule has 0 aliphatic heterocycles. The van der Waals surface area contributed by atoms with Crippen molar-refractivity contribution < 1.29 is 8.98 Å². The Morgan fingerprint density at radius 1 is 0.649 bits per heavy atom. The lowest BCUT2D eigenvalue weighted by Crippen LogP contribution is -2.30. The molecular formula is C34H29N2O+. The van der Waals surface area contributed by atoms with Crippen LogP contribution in [0.3, 0.4) is 0 Å². The van der Waals surface area contributed by atoms with Gasteiger partial charge in [-0.25, -0.2) is 0 Å². The Balaban J connectivity index is 1.53. The van der Waals surface area contributed by atoms with E-state index in [-0.39, 0.29) is 0 Å². The molecule has 3 aromatic heterocycles. The van der Waals surface area contributed by atoms with Crippen LogP contribution in [0.5, 0.6) is 0 Å². The number of aromatic nitrogens is 2. The van der Waals surface area contributed by atoms with Crippen LogP contribution in [0.2, 0.25) is 0 Å². The van der Waals surface area contributed by atoms with Gasteiger partial charge in [-0.15, -0.1) is 0 Å². The molecule has 0 spiro atoms. The highest BCUT2D eigenvalue weighted by molar-refractivity contribution is 6.11. The number of benzene rings is 4. The molecule has 7 rings (SSSR count). The zero-order valence-electron chi connectivity index (χ0n) is 21.9. The van der Waals surface area contributed by atoms with Crippen molar-refractivity contribution in [2.75, 3.05) is 0 Å². The molecule has 0 bridgehead atoms. The zero-order chi connectivity index (χ0) is 25.4. The summed E-state index contributed by atoms with van der Waals surface area (Å²) in [6.45, 7) is 8.85. The normalized spacial score (nSPS) is 11.9. The Labute approximate surface area is 216 Å². The van der Waals surface area contributed by atoms with Crippen LogP contribution < -0.4 is 4.57 Å². The smallest absolute Gasteiger partial charge is 0.256 e. The molecule has 0 unspecified atom stereocenters. The summed E-state index contributed by atoms with van der Waals surface area (Å²) >= 11 is 0. The van der Waals surface area contributed by atoms with E-state index in [2.05, 4.69) is 129 Å². The lowest BCUT2D eigenvalue weighted by Gasteiger charge is -2.13. The molecule has 0 atom stereocenters. The number of rotatable bonds is 2. The molecule has 3 heterocycles. The molecule has 7 aromatic rings. The molecular weight excluding hydrogens is 452 g/mol. The molecule has 180 valence electrons. The van der Waals surface area contributed by atoms with Crippen molar-refractivity contribution in [3.63, 3.8) is 0 Å². The first-order valence-electron chi connectivity index (χ1n) is 12.9. The second kappa shape index (κ2) is 7.81. The molecule has 0 saturated heterocycles. The fourth-order valence-electron chi connectivity index (χ4n) is 5.98. The molecule has 0 aliphatic carbocycles. The van der Waals surface area contributed by atoms with Crippen molar-refractivity contribution in [2.45, 2.75) is 27.7 Å². The maximum atomic E-state index is 6.60. The van der Waals surface area contributed by atoms with Gasteiger partial charge in [0.25, 0.3) is 5.69 Å². The molecule has 0 fully saturated rings. The zero-order valence-corrected chi connectivity index (χ0v) is 21.9. The topological polar surface area (TPSA) is 21.9 Å². The van der Waals surface area contributed by atoms with Crippen LogP contribution in [-0.2, 0) is 7.05 Å². The van der Waals surface area contributed by atoms with Crippen LogP contribution in [0.4, 0.5) is 0 Å². The number of para-hydroxylation sites is 2. The second-order valence-electron chi connectivity index (χ2n) is 10.3. The highest BCUT2D eigenvalue weighted by Crippen LogP contribution is 2.38. The predicted molar refractivity (Wildman–Crippen MR) is 154 cm³/mol. The molecule has 0 amide bonds. The number of hydrogen-bond donors (Lipinski definition) is 0. The molecule has 37 heavy (non-hydrogen) atoms. The third kappa shape index (κ3) is 3.04. The summed E-state index contributed by atoms with van der Waals surface area (Å²) < 4.78 is 11.2. The third-order valence-electron chi connectivity index (χ3n) is 8.32. The summed E-state index contributed by atoms with van der Waals surface area (Å²) in [4.78, 5) is 0. The summed E-state index contributed by atoms with van der Waals surface area (Å²) in [6.07, 6.45) is 2.16. The van der Waals surface area contributed by atoms with Crippen LogP contribution >= 0.6 is 0 Å². The minimum Gasteiger partial charge on any atom is -0.449 e. The van der Waals surface area contributed by atoms with Gasteiger partial charge in [0.05, 0.1) is 16.6 Å². The minimum atomic E-state index is 0.908. The average Bonchev–Trinajstić information content (AvgIpc) is 3.45. The Kier molecular flexibility index (Phi) is 4.62. The van der Waals surface area contributed by atoms with Crippen molar-refractivity contribution in [3.8, 4) is 16.9 Å². The van der Waals surface area contributed by atoms with Crippen molar-refractivity contribution in [1.82, 2.24) is 4.57 Å². The third-order valence-corrected chi connectivity index (χ3v) is 8.32. The SMILES string of the molecule is Cc1cc(-c2c3oc4ccc(-n5c6ccccc6c6ccccc65)cc4c3cc[n+]2C)c(C)c(C)c1C. The summed E-state index contributed by atoms with van der Waals surface area (Å²) in [7, 11) is 2.11. The fourth-order valence-corrected chi connectivity index (χ4v) is 5.98. The Morgan fingerprint density at radius 3 is 2.03 bits per heavy atom. The number of nitrogens with zero attached hydrogens (tertiary/aromatic N) is 2. The van der Waals surface area contributed by atoms with E-state index in [0.29, 0.717) is 0 Å². The van der Waals surface area contributed by atoms with Crippen LogP contribution in [0.1, 0.15) is 22.3 Å². The van der Waals surface area contributed by atoms with Crippen LogP contribution in [0, 0.1) is 27.7 Å². The maximum Gasteiger partial charge on any atom is 0.256 e. The summed E-state index contributed by atoms with van der Waals surface area (Å²) in [5, 5.41) is 4.81. The molecule has 0 N–H and O–H groups in total. The maximum absolute atomic E-state index is 6.60. The molecule has 3 heteroatoms. The molecule has 3 nitrogen and oxygen atoms in total. The molecule has 0 radical (unpaired) electrons. The molecule has 4 aromatic carbocycles. The van der Waals surface area contributed by atoms with Gasteiger partial charge in [-0.1, -0.05) is 36.4 Å². The number of hydrogen-bond acceptors (Lipinski definition) is 1. The average molecular weight is 482 g/mol. The van der Waals surface area contributed by atoms with Gasteiger partial charge in [0.1, 0.15) is 12.6 Å². The van der Waals surface area contributed by atoms with E-state index in [1.54, 1.807) is 0 Å². The fraction of sp³-hybridized carbons (Fsp3) is 0.147. The minimum absolute atomic E-state index is 0.908. The number of pyridine rings is 1. The Bertz CT molecular complexity index is 1980. The first-order valence-corrected chi connectivity index (χ1v) is 12.9. The largest absolute Gasteiger partial charge is 0.449 e. The molecule has 0 aliphatic rings. The van der Waals surface area contributed by atoms with Crippen LogP contribution in [-0.4, -0.2) is 4.57 Å². The summed E-state index contributed by atoms with van der Waals surface area (Å²) in [5.74, 6) is 0. The highest BCUT2D eigenvalue weighted by Gasteiger charge is 2.24. The van der Waals surface area contributed by atoms with Gasteiger partial charge in [0.15, 0.2) is 6.20 Å². The van der Waals surface area contributed by atoms with Crippen LogP contribution in [0.15, 0.2) is 89.5 Å². The van der Waals surface area contributed by atoms with E-state index in [0.717, 1.165) is 33.3 Å². The lowest BCUT2D eigenvalue weighted by atomic mass is 9.92. The van der Waals surface area contributed by atoms with E-state index in [1.807, 2.05) is 0 Å². The first kappa shape index (κ1) is 21.9. The number of aryl methyl sites for hydroxylation is 2. The van der Waals surface area contributed by atoms with E-state index < -0.39 is 0 Å². The van der Waals surface area contributed by atoms with Gasteiger partial charge in [-0.3, -0.25) is 0 Å². The number of fused-ring (bicyclic) bond motifs is 6. The monoisotopic (exact) mass is 481 g/mol. The van der Waals surface area contributed by atoms with Crippen molar-refractivity contribution in [3.05, 3.63) is 107 Å². The standard InChI is InChI=1S/C34H29N2O/c1-20-18-28(23(4)22(3)21(20)2)33-34-27(16-17-35(33)5)29-19-24(14-15-32(29)37-34)36-30-12-8-6-10-25(30)26-11-7-9-13-31(26)36/h6-19H,1-5H3/q+1. The van der Waals surface area contributed by atoms with Gasteiger partial charge in [0, 0.05) is 33.3 Å². The van der Waals surface area contributed by atoms with Gasteiger partial charge in [-0.05, 0) is 86.3 Å². The van der Waals surface area contributed by atoms with Gasteiger partial charge < -0.3 is 8.98 Å². The van der Waals surface area contributed by atoms with Gasteiger partial charge in [-0.2, -0.15) is 4.57 Å². The highest BCUT2D eigenvalue weighted by atomic mass is 16.3. The van der Waals surface area contributed by atoms with Gasteiger partial charge in [0.2, 0.25) is 5.58 Å². The first-order chi connectivity index (χ1) is 17.9. The van der Waals surface area contributed by atoms with E-state index >= 15 is 0 Å². The van der Waals surface area contributed by atoms with Crippen LogP contribution in [0.25, 0.3) is 60.7 Å². The quantitative estimate of drug-likeness (QED) is 0.227. The predicted octanol–water partition coefficient (Wildman–Crippen LogP) is 8.41. The summed E-state index contributed by atoms with van der Waals surface area (Å²) in [5.41, 5.74) is 13.1. The van der Waals surface area contributed by atoms with E-state index in [1.165, 1.54) is 49.6 Å². The van der Waals surface area contributed by atoms with E-state index in [4.69, 9.17) is 4.42 Å². The van der Waals surface area contributed by atoms with E-state index in [9.17, 15) is 0 Å². The second-order valence-corrected chi connectivity index (χ2v) is 10.3. The number of furan rings is 1.